The molecular formula is C24H30N4O2. The number of nitrogens with zero attached hydrogens (tertiary/aromatic N) is 2. The number of carbonyl (C=O) groups excluding carboxylic acids is 1. The molecule has 4 rings (SSSR count). The lowest BCUT2D eigenvalue weighted by Gasteiger charge is -2.30. The van der Waals surface area contributed by atoms with Crippen LogP contribution in [0.3, 0.4) is 0 Å². The highest BCUT2D eigenvalue weighted by Gasteiger charge is 2.20. The molecule has 2 N–H and O–H groups in total. The molecule has 0 saturated carbocycles. The van der Waals surface area contributed by atoms with Crippen LogP contribution in [0.5, 0.6) is 5.75 Å². The van der Waals surface area contributed by atoms with Gasteiger partial charge in [0.1, 0.15) is 11.8 Å². The SMILES string of the molecule is COc1ccc2c(c1)c(C)cn2C(C)C(=O)Nc1cc(N2CCNCC2)ccc1C. The summed E-state index contributed by atoms with van der Waals surface area (Å²) < 4.78 is 7.39. The summed E-state index contributed by atoms with van der Waals surface area (Å²) in [6.07, 6.45) is 2.04. The van der Waals surface area contributed by atoms with Crippen molar-refractivity contribution >= 4 is 28.2 Å². The van der Waals surface area contributed by atoms with Crippen molar-refractivity contribution in [2.45, 2.75) is 26.8 Å². The zero-order chi connectivity index (χ0) is 21.3. The summed E-state index contributed by atoms with van der Waals surface area (Å²) in [6, 6.07) is 11.9. The van der Waals surface area contributed by atoms with Crippen LogP contribution >= 0.6 is 0 Å². The smallest absolute Gasteiger partial charge is 0.247 e. The van der Waals surface area contributed by atoms with E-state index in [4.69, 9.17) is 4.74 Å². The Morgan fingerprint density at radius 1 is 1.10 bits per heavy atom. The van der Waals surface area contributed by atoms with E-state index < -0.39 is 0 Å². The molecule has 0 aliphatic carbocycles. The predicted octanol–water partition coefficient (Wildman–Crippen LogP) is 3.88. The Morgan fingerprint density at radius 3 is 2.60 bits per heavy atom. The minimum absolute atomic E-state index is 0.0247. The molecule has 1 fully saturated rings. The number of carbonyl (C=O) groups is 1. The van der Waals surface area contributed by atoms with E-state index in [2.05, 4.69) is 40.7 Å². The fourth-order valence-electron chi connectivity index (χ4n) is 4.08. The van der Waals surface area contributed by atoms with Crippen molar-refractivity contribution in [3.05, 3.63) is 53.7 Å². The topological polar surface area (TPSA) is 58.5 Å². The van der Waals surface area contributed by atoms with Gasteiger partial charge in [-0.25, -0.2) is 0 Å². The van der Waals surface area contributed by atoms with Gasteiger partial charge in [0.05, 0.1) is 7.11 Å². The largest absolute Gasteiger partial charge is 0.497 e. The van der Waals surface area contributed by atoms with Gasteiger partial charge in [-0.15, -0.1) is 0 Å². The summed E-state index contributed by atoms with van der Waals surface area (Å²) in [5.41, 5.74) is 5.24. The normalized spacial score (nSPS) is 15.3. The first kappa shape index (κ1) is 20.3. The zero-order valence-electron chi connectivity index (χ0n) is 18.2. The quantitative estimate of drug-likeness (QED) is 0.675. The Hall–Kier alpha value is -2.99. The van der Waals surface area contributed by atoms with Crippen LogP contribution < -0.4 is 20.3 Å². The van der Waals surface area contributed by atoms with Crippen LogP contribution in [0.25, 0.3) is 10.9 Å². The number of aromatic nitrogens is 1. The Bertz CT molecular complexity index is 1070. The van der Waals surface area contributed by atoms with Crippen LogP contribution in [0, 0.1) is 13.8 Å². The van der Waals surface area contributed by atoms with Crippen molar-refractivity contribution in [2.75, 3.05) is 43.5 Å². The average molecular weight is 407 g/mol. The molecule has 158 valence electrons. The number of fused-ring (bicyclic) bond motifs is 1. The van der Waals surface area contributed by atoms with Gasteiger partial charge in [0.25, 0.3) is 0 Å². The van der Waals surface area contributed by atoms with Gasteiger partial charge in [-0.05, 0) is 62.2 Å². The Labute approximate surface area is 177 Å². The number of hydrogen-bond donors (Lipinski definition) is 2. The molecule has 0 bridgehead atoms. The molecule has 6 heteroatoms. The second kappa shape index (κ2) is 8.40. The Morgan fingerprint density at radius 2 is 1.87 bits per heavy atom. The molecule has 1 amide bonds. The molecule has 0 radical (unpaired) electrons. The molecular weight excluding hydrogens is 376 g/mol. The maximum absolute atomic E-state index is 13.1. The van der Waals surface area contributed by atoms with Crippen LogP contribution in [0.15, 0.2) is 42.6 Å². The van der Waals surface area contributed by atoms with Gasteiger partial charge in [0, 0.05) is 54.7 Å². The second-order valence-electron chi connectivity index (χ2n) is 8.00. The maximum Gasteiger partial charge on any atom is 0.247 e. The number of nitrogens with one attached hydrogen (secondary N) is 2. The van der Waals surface area contributed by atoms with Gasteiger partial charge >= 0.3 is 0 Å². The van der Waals surface area contributed by atoms with Crippen molar-refractivity contribution < 1.29 is 9.53 Å². The monoisotopic (exact) mass is 406 g/mol. The molecule has 1 atom stereocenters. The average Bonchev–Trinajstić information content (AvgIpc) is 3.11. The molecule has 0 spiro atoms. The fourth-order valence-corrected chi connectivity index (χ4v) is 4.08. The highest BCUT2D eigenvalue weighted by Crippen LogP contribution is 2.29. The number of anilines is 2. The van der Waals surface area contributed by atoms with E-state index in [9.17, 15) is 4.79 Å². The van der Waals surface area contributed by atoms with E-state index in [1.807, 2.05) is 42.8 Å². The number of hydrogen-bond acceptors (Lipinski definition) is 4. The summed E-state index contributed by atoms with van der Waals surface area (Å²) in [5.74, 6) is 0.795. The van der Waals surface area contributed by atoms with Gasteiger partial charge in [0.15, 0.2) is 0 Å². The van der Waals surface area contributed by atoms with E-state index in [-0.39, 0.29) is 11.9 Å². The highest BCUT2D eigenvalue weighted by molar-refractivity contribution is 5.96. The molecule has 1 unspecified atom stereocenters. The summed E-state index contributed by atoms with van der Waals surface area (Å²) in [6.45, 7) is 9.95. The summed E-state index contributed by atoms with van der Waals surface area (Å²) in [4.78, 5) is 15.5. The molecule has 2 heterocycles. The van der Waals surface area contributed by atoms with Crippen molar-refractivity contribution in [1.29, 1.82) is 0 Å². The van der Waals surface area contributed by atoms with Crippen LogP contribution in [0.2, 0.25) is 0 Å². The van der Waals surface area contributed by atoms with Crippen molar-refractivity contribution in [3.63, 3.8) is 0 Å². The number of ether oxygens (including phenoxy) is 1. The van der Waals surface area contributed by atoms with Crippen molar-refractivity contribution in [1.82, 2.24) is 9.88 Å². The number of piperazine rings is 1. The summed E-state index contributed by atoms with van der Waals surface area (Å²) >= 11 is 0. The molecule has 2 aromatic carbocycles. The predicted molar refractivity (Wildman–Crippen MR) is 123 cm³/mol. The standard InChI is InChI=1S/C24H30N4O2/c1-16-5-6-19(27-11-9-25-10-12-27)13-22(16)26-24(29)18(3)28-15-17(2)21-14-20(30-4)7-8-23(21)28/h5-8,13-15,18,25H,9-12H2,1-4H3,(H,26,29). The maximum atomic E-state index is 13.1. The van der Waals surface area contributed by atoms with Crippen LogP contribution in [-0.4, -0.2) is 43.8 Å². The fraction of sp³-hybridized carbons (Fsp3) is 0.375. The third-order valence-corrected chi connectivity index (χ3v) is 6.00. The molecule has 1 aliphatic rings. The lowest BCUT2D eigenvalue weighted by Crippen LogP contribution is -2.43. The minimum atomic E-state index is -0.336. The Balaban J connectivity index is 1.57. The number of benzene rings is 2. The van der Waals surface area contributed by atoms with Crippen LogP contribution in [-0.2, 0) is 4.79 Å². The van der Waals surface area contributed by atoms with Gasteiger partial charge in [-0.1, -0.05) is 6.07 Å². The first-order chi connectivity index (χ1) is 14.5. The number of rotatable bonds is 5. The van der Waals surface area contributed by atoms with Gasteiger partial charge in [-0.3, -0.25) is 4.79 Å². The molecule has 1 aromatic heterocycles. The van der Waals surface area contributed by atoms with E-state index in [0.717, 1.165) is 65.3 Å². The lowest BCUT2D eigenvalue weighted by atomic mass is 10.1. The molecule has 1 saturated heterocycles. The van der Waals surface area contributed by atoms with Crippen LogP contribution in [0.1, 0.15) is 24.1 Å². The van der Waals surface area contributed by atoms with Gasteiger partial charge in [-0.2, -0.15) is 0 Å². The molecule has 30 heavy (non-hydrogen) atoms. The van der Waals surface area contributed by atoms with E-state index in [1.165, 1.54) is 0 Å². The summed E-state index contributed by atoms with van der Waals surface area (Å²) in [5, 5.41) is 7.64. The first-order valence-electron chi connectivity index (χ1n) is 10.5. The van der Waals surface area contributed by atoms with Crippen molar-refractivity contribution in [2.24, 2.45) is 0 Å². The molecule has 3 aromatic rings. The minimum Gasteiger partial charge on any atom is -0.497 e. The van der Waals surface area contributed by atoms with E-state index in [0.29, 0.717) is 0 Å². The lowest BCUT2D eigenvalue weighted by molar-refractivity contribution is -0.118. The number of aryl methyl sites for hydroxylation is 2. The second-order valence-corrected chi connectivity index (χ2v) is 8.00. The summed E-state index contributed by atoms with van der Waals surface area (Å²) in [7, 11) is 1.67. The van der Waals surface area contributed by atoms with Crippen LogP contribution in [0.4, 0.5) is 11.4 Å². The van der Waals surface area contributed by atoms with Gasteiger partial charge in [0.2, 0.25) is 5.91 Å². The molecule has 1 aliphatic heterocycles. The third-order valence-electron chi connectivity index (χ3n) is 6.00. The Kier molecular flexibility index (Phi) is 5.68. The van der Waals surface area contributed by atoms with Crippen molar-refractivity contribution in [3.8, 4) is 5.75 Å². The number of amides is 1. The number of methoxy groups -OCH3 is 1. The van der Waals surface area contributed by atoms with E-state index >= 15 is 0 Å². The van der Waals surface area contributed by atoms with E-state index in [1.54, 1.807) is 7.11 Å². The molecule has 6 nitrogen and oxygen atoms in total. The third kappa shape index (κ3) is 3.87. The highest BCUT2D eigenvalue weighted by atomic mass is 16.5. The zero-order valence-corrected chi connectivity index (χ0v) is 18.2. The van der Waals surface area contributed by atoms with Gasteiger partial charge < -0.3 is 24.8 Å². The first-order valence-corrected chi connectivity index (χ1v) is 10.5.